The van der Waals surface area contributed by atoms with Gasteiger partial charge in [-0.2, -0.15) is 0 Å². The number of hydrogen-bond acceptors (Lipinski definition) is 2. The highest BCUT2D eigenvalue weighted by Crippen LogP contribution is 2.26. The van der Waals surface area contributed by atoms with Crippen LogP contribution >= 0.6 is 12.4 Å². The van der Waals surface area contributed by atoms with Crippen molar-refractivity contribution in [3.8, 4) is 0 Å². The van der Waals surface area contributed by atoms with Gasteiger partial charge >= 0.3 is 0 Å². The maximum atomic E-state index is 5.69. The van der Waals surface area contributed by atoms with Gasteiger partial charge in [-0.25, -0.2) is 0 Å². The molecule has 0 saturated carbocycles. The summed E-state index contributed by atoms with van der Waals surface area (Å²) in [5, 5.41) is 0. The quantitative estimate of drug-likeness (QED) is 0.633. The summed E-state index contributed by atoms with van der Waals surface area (Å²) in [6.07, 6.45) is 0. The molecule has 0 amide bonds. The molecule has 0 spiro atoms. The highest BCUT2D eigenvalue weighted by Gasteiger charge is 2.13. The van der Waals surface area contributed by atoms with Crippen LogP contribution in [0.25, 0.3) is 0 Å². The summed E-state index contributed by atoms with van der Waals surface area (Å²) in [6, 6.07) is 5.82. The van der Waals surface area contributed by atoms with Gasteiger partial charge in [0.05, 0.1) is 11.4 Å². The van der Waals surface area contributed by atoms with Crippen molar-refractivity contribution in [2.24, 2.45) is 0 Å². The first-order chi connectivity index (χ1) is 5.41. The van der Waals surface area contributed by atoms with E-state index in [0.717, 1.165) is 0 Å². The van der Waals surface area contributed by atoms with Gasteiger partial charge < -0.3 is 11.5 Å². The normalized spacial score (nSPS) is 10.7. The van der Waals surface area contributed by atoms with Gasteiger partial charge in [-0.05, 0) is 23.1 Å². The molecule has 1 aromatic carbocycles. The van der Waals surface area contributed by atoms with E-state index in [1.807, 2.05) is 18.2 Å². The summed E-state index contributed by atoms with van der Waals surface area (Å²) in [5.41, 5.74) is 14.0. The number of anilines is 2. The summed E-state index contributed by atoms with van der Waals surface area (Å²) in [7, 11) is 0. The number of benzene rings is 1. The van der Waals surface area contributed by atoms with Crippen LogP contribution in [0.5, 0.6) is 0 Å². The molecule has 1 aromatic rings. The van der Waals surface area contributed by atoms with Crippen molar-refractivity contribution in [2.45, 2.75) is 26.2 Å². The largest absolute Gasteiger partial charge is 0.397 e. The molecule has 0 heterocycles. The average molecular weight is 201 g/mol. The lowest BCUT2D eigenvalue weighted by Gasteiger charge is -2.19. The van der Waals surface area contributed by atoms with Gasteiger partial charge in [0.1, 0.15) is 0 Å². The second-order valence-corrected chi connectivity index (χ2v) is 4.09. The predicted octanol–water partition coefficient (Wildman–Crippen LogP) is 2.57. The summed E-state index contributed by atoms with van der Waals surface area (Å²) in [6.45, 7) is 6.45. The van der Waals surface area contributed by atoms with E-state index in [0.29, 0.717) is 11.4 Å². The fraction of sp³-hybridized carbons (Fsp3) is 0.400. The molecule has 3 heteroatoms. The molecule has 0 aliphatic carbocycles. The Bertz CT molecular complexity index is 289. The van der Waals surface area contributed by atoms with Crippen LogP contribution in [0.15, 0.2) is 18.2 Å². The lowest BCUT2D eigenvalue weighted by Crippen LogP contribution is -2.11. The van der Waals surface area contributed by atoms with E-state index in [2.05, 4.69) is 20.8 Å². The van der Waals surface area contributed by atoms with Crippen LogP contribution < -0.4 is 11.5 Å². The van der Waals surface area contributed by atoms with Crippen molar-refractivity contribution in [2.75, 3.05) is 11.5 Å². The highest BCUT2D eigenvalue weighted by molar-refractivity contribution is 5.85. The minimum Gasteiger partial charge on any atom is -0.397 e. The lowest BCUT2D eigenvalue weighted by molar-refractivity contribution is 0.590. The SMILES string of the molecule is CC(C)(C)c1ccc(N)c(N)c1.Cl. The molecule has 0 aliphatic heterocycles. The van der Waals surface area contributed by atoms with Crippen LogP contribution in [0.2, 0.25) is 0 Å². The second kappa shape index (κ2) is 3.88. The Kier molecular flexibility index (Phi) is 3.61. The minimum absolute atomic E-state index is 0. The van der Waals surface area contributed by atoms with E-state index in [-0.39, 0.29) is 17.8 Å². The van der Waals surface area contributed by atoms with E-state index in [1.54, 1.807) is 0 Å². The van der Waals surface area contributed by atoms with Crippen molar-refractivity contribution in [3.63, 3.8) is 0 Å². The van der Waals surface area contributed by atoms with Gasteiger partial charge in [0.25, 0.3) is 0 Å². The second-order valence-electron chi connectivity index (χ2n) is 4.09. The van der Waals surface area contributed by atoms with Crippen molar-refractivity contribution < 1.29 is 0 Å². The van der Waals surface area contributed by atoms with Gasteiger partial charge in [-0.15, -0.1) is 12.4 Å². The zero-order valence-corrected chi connectivity index (χ0v) is 9.11. The molecule has 0 unspecified atom stereocenters. The number of hydrogen-bond donors (Lipinski definition) is 2. The molecule has 0 radical (unpaired) electrons. The third-order valence-electron chi connectivity index (χ3n) is 1.95. The van der Waals surface area contributed by atoms with Crippen LogP contribution in [0, 0.1) is 0 Å². The van der Waals surface area contributed by atoms with Crippen LogP contribution in [0.3, 0.4) is 0 Å². The van der Waals surface area contributed by atoms with E-state index < -0.39 is 0 Å². The van der Waals surface area contributed by atoms with Crippen LogP contribution in [-0.2, 0) is 5.41 Å². The fourth-order valence-corrected chi connectivity index (χ4v) is 1.04. The van der Waals surface area contributed by atoms with Crippen molar-refractivity contribution in [1.29, 1.82) is 0 Å². The van der Waals surface area contributed by atoms with E-state index in [4.69, 9.17) is 11.5 Å². The van der Waals surface area contributed by atoms with E-state index in [9.17, 15) is 0 Å². The average Bonchev–Trinajstić information content (AvgIpc) is 1.92. The standard InChI is InChI=1S/C10H16N2.ClH/c1-10(2,3)7-4-5-8(11)9(12)6-7;/h4-6H,11-12H2,1-3H3;1H. The molecule has 0 aromatic heterocycles. The summed E-state index contributed by atoms with van der Waals surface area (Å²) in [5.74, 6) is 0. The molecule has 0 saturated heterocycles. The fourth-order valence-electron chi connectivity index (χ4n) is 1.04. The third-order valence-corrected chi connectivity index (χ3v) is 1.95. The summed E-state index contributed by atoms with van der Waals surface area (Å²) < 4.78 is 0. The number of nitrogen functional groups attached to an aromatic ring is 2. The molecule has 0 aliphatic rings. The Morgan fingerprint density at radius 2 is 1.54 bits per heavy atom. The van der Waals surface area contributed by atoms with Crippen LogP contribution in [0.4, 0.5) is 11.4 Å². The Morgan fingerprint density at radius 1 is 1.00 bits per heavy atom. The summed E-state index contributed by atoms with van der Waals surface area (Å²) >= 11 is 0. The molecule has 0 fully saturated rings. The minimum atomic E-state index is 0. The van der Waals surface area contributed by atoms with Crippen molar-refractivity contribution >= 4 is 23.8 Å². The van der Waals surface area contributed by atoms with Crippen LogP contribution in [0.1, 0.15) is 26.3 Å². The topological polar surface area (TPSA) is 52.0 Å². The predicted molar refractivity (Wildman–Crippen MR) is 61.2 cm³/mol. The maximum absolute atomic E-state index is 5.69. The Labute approximate surface area is 85.7 Å². The maximum Gasteiger partial charge on any atom is 0.0550 e. The molecule has 4 N–H and O–H groups in total. The van der Waals surface area contributed by atoms with E-state index in [1.165, 1.54) is 5.56 Å². The zero-order valence-electron chi connectivity index (χ0n) is 8.29. The molecule has 0 atom stereocenters. The molecule has 1 rings (SSSR count). The Hall–Kier alpha value is -0.890. The monoisotopic (exact) mass is 200 g/mol. The lowest BCUT2D eigenvalue weighted by atomic mass is 9.87. The number of rotatable bonds is 0. The van der Waals surface area contributed by atoms with Gasteiger partial charge in [0.2, 0.25) is 0 Å². The van der Waals surface area contributed by atoms with Gasteiger partial charge in [0, 0.05) is 0 Å². The Balaban J connectivity index is 0.00000144. The molecule has 0 bridgehead atoms. The molecular formula is C10H17ClN2. The van der Waals surface area contributed by atoms with Gasteiger partial charge in [-0.3, -0.25) is 0 Å². The number of halogens is 1. The van der Waals surface area contributed by atoms with Crippen molar-refractivity contribution in [1.82, 2.24) is 0 Å². The first-order valence-electron chi connectivity index (χ1n) is 4.07. The first-order valence-corrected chi connectivity index (χ1v) is 4.07. The zero-order chi connectivity index (χ0) is 9.35. The molecule has 13 heavy (non-hydrogen) atoms. The van der Waals surface area contributed by atoms with Crippen molar-refractivity contribution in [3.05, 3.63) is 23.8 Å². The Morgan fingerprint density at radius 3 is 1.92 bits per heavy atom. The molecular weight excluding hydrogens is 184 g/mol. The van der Waals surface area contributed by atoms with Gasteiger partial charge in [0.15, 0.2) is 0 Å². The summed E-state index contributed by atoms with van der Waals surface area (Å²) in [4.78, 5) is 0. The van der Waals surface area contributed by atoms with Crippen LogP contribution in [-0.4, -0.2) is 0 Å². The van der Waals surface area contributed by atoms with E-state index >= 15 is 0 Å². The molecule has 2 nitrogen and oxygen atoms in total. The number of nitrogens with two attached hydrogens (primary N) is 2. The highest BCUT2D eigenvalue weighted by atomic mass is 35.5. The smallest absolute Gasteiger partial charge is 0.0550 e. The van der Waals surface area contributed by atoms with Gasteiger partial charge in [-0.1, -0.05) is 26.8 Å². The molecule has 74 valence electrons. The third kappa shape index (κ3) is 2.81. The first kappa shape index (κ1) is 12.1.